The minimum atomic E-state index is 0.161. The molecule has 0 aliphatic rings. The fourth-order valence-corrected chi connectivity index (χ4v) is 2.83. The van der Waals surface area contributed by atoms with Crippen molar-refractivity contribution in [1.82, 2.24) is 9.13 Å². The number of ketones is 1. The van der Waals surface area contributed by atoms with Crippen LogP contribution in [0.15, 0.2) is 36.5 Å². The predicted molar refractivity (Wildman–Crippen MR) is 85.9 cm³/mol. The van der Waals surface area contributed by atoms with E-state index in [2.05, 4.69) is 35.8 Å². The number of fused-ring (bicyclic) bond motifs is 1. The van der Waals surface area contributed by atoms with Gasteiger partial charge >= 0.3 is 0 Å². The molecule has 108 valence electrons. The van der Waals surface area contributed by atoms with Crippen LogP contribution in [0.25, 0.3) is 10.9 Å². The number of hydrogen-bond donors (Lipinski definition) is 0. The van der Waals surface area contributed by atoms with Gasteiger partial charge in [-0.05, 0) is 50.4 Å². The fraction of sp³-hybridized carbons (Fsp3) is 0.278. The lowest BCUT2D eigenvalue weighted by Crippen LogP contribution is -2.10. The van der Waals surface area contributed by atoms with Gasteiger partial charge in [0.1, 0.15) is 0 Å². The van der Waals surface area contributed by atoms with E-state index in [0.717, 1.165) is 22.5 Å². The third-order valence-corrected chi connectivity index (χ3v) is 4.32. The molecule has 21 heavy (non-hydrogen) atoms. The van der Waals surface area contributed by atoms with E-state index in [0.29, 0.717) is 6.54 Å². The first-order valence-electron chi connectivity index (χ1n) is 7.19. The van der Waals surface area contributed by atoms with Crippen molar-refractivity contribution in [2.24, 2.45) is 7.05 Å². The molecule has 2 aromatic heterocycles. The Morgan fingerprint density at radius 1 is 1.10 bits per heavy atom. The first-order chi connectivity index (χ1) is 9.97. The zero-order valence-corrected chi connectivity index (χ0v) is 13.0. The van der Waals surface area contributed by atoms with Gasteiger partial charge in [0.25, 0.3) is 0 Å². The number of aromatic nitrogens is 2. The van der Waals surface area contributed by atoms with Gasteiger partial charge in [0, 0.05) is 35.7 Å². The second kappa shape index (κ2) is 4.92. The van der Waals surface area contributed by atoms with E-state index in [1.165, 1.54) is 10.9 Å². The van der Waals surface area contributed by atoms with Gasteiger partial charge in [-0.1, -0.05) is 11.6 Å². The fourth-order valence-electron chi connectivity index (χ4n) is 2.83. The van der Waals surface area contributed by atoms with Crippen LogP contribution in [0, 0.1) is 20.8 Å². The van der Waals surface area contributed by atoms with Gasteiger partial charge in [0.2, 0.25) is 0 Å². The van der Waals surface area contributed by atoms with Crippen molar-refractivity contribution < 1.29 is 4.79 Å². The molecule has 0 saturated heterocycles. The molecule has 0 bridgehead atoms. The number of benzene rings is 1. The van der Waals surface area contributed by atoms with E-state index < -0.39 is 0 Å². The number of hydrogen-bond acceptors (Lipinski definition) is 1. The Balaban J connectivity index is 1.94. The van der Waals surface area contributed by atoms with E-state index >= 15 is 0 Å². The zero-order chi connectivity index (χ0) is 15.1. The molecule has 0 aliphatic heterocycles. The van der Waals surface area contributed by atoms with Crippen molar-refractivity contribution in [1.29, 1.82) is 0 Å². The minimum absolute atomic E-state index is 0.161. The van der Waals surface area contributed by atoms with Crippen LogP contribution < -0.4 is 0 Å². The first-order valence-corrected chi connectivity index (χ1v) is 7.19. The molecule has 0 radical (unpaired) electrons. The van der Waals surface area contributed by atoms with E-state index in [1.807, 2.05) is 37.7 Å². The Labute approximate surface area is 124 Å². The van der Waals surface area contributed by atoms with Gasteiger partial charge in [0.15, 0.2) is 5.78 Å². The van der Waals surface area contributed by atoms with Gasteiger partial charge in [-0.25, -0.2) is 0 Å². The van der Waals surface area contributed by atoms with Crippen molar-refractivity contribution in [2.75, 3.05) is 0 Å². The summed E-state index contributed by atoms with van der Waals surface area (Å²) in [4.78, 5) is 12.6. The second-order valence-electron chi connectivity index (χ2n) is 5.77. The van der Waals surface area contributed by atoms with Gasteiger partial charge in [-0.3, -0.25) is 4.79 Å². The molecule has 2 heterocycles. The molecular formula is C18H20N2O. The van der Waals surface area contributed by atoms with Crippen LogP contribution in [-0.2, 0) is 13.6 Å². The highest BCUT2D eigenvalue weighted by Crippen LogP contribution is 2.19. The highest BCUT2D eigenvalue weighted by Gasteiger charge is 2.15. The summed E-state index contributed by atoms with van der Waals surface area (Å²) >= 11 is 0. The van der Waals surface area contributed by atoms with Gasteiger partial charge in [0.05, 0.1) is 6.54 Å². The quantitative estimate of drug-likeness (QED) is 0.671. The molecule has 3 aromatic rings. The standard InChI is InChI=1S/C18H20N2O/c1-12-5-6-17-15(9-12)7-8-20(17)11-18(21)16-10-13(2)19(4)14(16)3/h5-10H,11H2,1-4H3. The molecule has 0 atom stereocenters. The average Bonchev–Trinajstić information content (AvgIpc) is 2.95. The van der Waals surface area contributed by atoms with Crippen molar-refractivity contribution >= 4 is 16.7 Å². The third kappa shape index (κ3) is 2.29. The van der Waals surface area contributed by atoms with E-state index in [-0.39, 0.29) is 5.78 Å². The molecular weight excluding hydrogens is 260 g/mol. The molecule has 0 spiro atoms. The van der Waals surface area contributed by atoms with Crippen molar-refractivity contribution in [3.05, 3.63) is 59.0 Å². The Hall–Kier alpha value is -2.29. The van der Waals surface area contributed by atoms with Crippen LogP contribution >= 0.6 is 0 Å². The maximum Gasteiger partial charge on any atom is 0.184 e. The Bertz CT molecular complexity index is 836. The lowest BCUT2D eigenvalue weighted by molar-refractivity contribution is 0.0973. The van der Waals surface area contributed by atoms with Crippen molar-refractivity contribution in [2.45, 2.75) is 27.3 Å². The summed E-state index contributed by atoms with van der Waals surface area (Å²) in [5.74, 6) is 0.161. The summed E-state index contributed by atoms with van der Waals surface area (Å²) in [6.45, 7) is 6.49. The molecule has 1 aromatic carbocycles. The zero-order valence-electron chi connectivity index (χ0n) is 13.0. The van der Waals surface area contributed by atoms with Crippen molar-refractivity contribution in [3.63, 3.8) is 0 Å². The molecule has 0 saturated carbocycles. The summed E-state index contributed by atoms with van der Waals surface area (Å²) in [7, 11) is 2.00. The normalized spacial score (nSPS) is 11.2. The van der Waals surface area contributed by atoms with Gasteiger partial charge in [-0.15, -0.1) is 0 Å². The number of carbonyl (C=O) groups excluding carboxylic acids is 1. The second-order valence-corrected chi connectivity index (χ2v) is 5.77. The molecule has 0 aliphatic carbocycles. The highest BCUT2D eigenvalue weighted by atomic mass is 16.1. The summed E-state index contributed by atoms with van der Waals surface area (Å²) in [5, 5.41) is 1.18. The maximum absolute atomic E-state index is 12.6. The molecule has 0 N–H and O–H groups in total. The lowest BCUT2D eigenvalue weighted by Gasteiger charge is -2.06. The number of nitrogens with zero attached hydrogens (tertiary/aromatic N) is 2. The first kappa shape index (κ1) is 13.7. The maximum atomic E-state index is 12.6. The van der Waals surface area contributed by atoms with E-state index in [9.17, 15) is 4.79 Å². The van der Waals surface area contributed by atoms with Crippen LogP contribution in [0.1, 0.15) is 27.3 Å². The Kier molecular flexibility index (Phi) is 3.20. The summed E-state index contributed by atoms with van der Waals surface area (Å²) < 4.78 is 4.09. The summed E-state index contributed by atoms with van der Waals surface area (Å²) in [5.41, 5.74) is 5.32. The van der Waals surface area contributed by atoms with Crippen LogP contribution in [-0.4, -0.2) is 14.9 Å². The SMILES string of the molecule is Cc1ccc2c(ccn2CC(=O)c2cc(C)n(C)c2C)c1. The molecule has 3 rings (SSSR count). The lowest BCUT2D eigenvalue weighted by atomic mass is 10.1. The molecule has 0 fully saturated rings. The smallest absolute Gasteiger partial charge is 0.184 e. The van der Waals surface area contributed by atoms with Crippen LogP contribution in [0.5, 0.6) is 0 Å². The monoisotopic (exact) mass is 280 g/mol. The van der Waals surface area contributed by atoms with Crippen LogP contribution in [0.4, 0.5) is 0 Å². The summed E-state index contributed by atoms with van der Waals surface area (Å²) in [6, 6.07) is 10.4. The van der Waals surface area contributed by atoms with Crippen LogP contribution in [0.3, 0.4) is 0 Å². The number of Topliss-reactive ketones (excluding diaryl/α,β-unsaturated/α-hetero) is 1. The minimum Gasteiger partial charge on any atom is -0.351 e. The third-order valence-electron chi connectivity index (χ3n) is 4.32. The van der Waals surface area contributed by atoms with Crippen molar-refractivity contribution in [3.8, 4) is 0 Å². The largest absolute Gasteiger partial charge is 0.351 e. The van der Waals surface area contributed by atoms with E-state index in [1.54, 1.807) is 0 Å². The predicted octanol–water partition coefficient (Wildman–Crippen LogP) is 3.79. The molecule has 0 unspecified atom stereocenters. The Morgan fingerprint density at radius 3 is 2.52 bits per heavy atom. The number of aryl methyl sites for hydroxylation is 2. The summed E-state index contributed by atoms with van der Waals surface area (Å²) in [6.07, 6.45) is 1.99. The van der Waals surface area contributed by atoms with Gasteiger partial charge in [-0.2, -0.15) is 0 Å². The number of rotatable bonds is 3. The van der Waals surface area contributed by atoms with Crippen LogP contribution in [0.2, 0.25) is 0 Å². The molecule has 0 amide bonds. The molecule has 3 heteroatoms. The number of carbonyl (C=O) groups is 1. The average molecular weight is 280 g/mol. The Morgan fingerprint density at radius 2 is 1.86 bits per heavy atom. The van der Waals surface area contributed by atoms with Gasteiger partial charge < -0.3 is 9.13 Å². The highest BCUT2D eigenvalue weighted by molar-refractivity contribution is 5.98. The molecule has 3 nitrogen and oxygen atoms in total. The topological polar surface area (TPSA) is 26.9 Å². The van der Waals surface area contributed by atoms with E-state index in [4.69, 9.17) is 0 Å².